The van der Waals surface area contributed by atoms with Gasteiger partial charge in [-0.05, 0) is 19.1 Å². The zero-order chi connectivity index (χ0) is 16.3. The van der Waals surface area contributed by atoms with Crippen molar-refractivity contribution in [3.8, 4) is 17.2 Å². The fourth-order valence-electron chi connectivity index (χ4n) is 2.00. The molecule has 0 unspecified atom stereocenters. The van der Waals surface area contributed by atoms with Crippen molar-refractivity contribution in [3.63, 3.8) is 0 Å². The molecule has 22 heavy (non-hydrogen) atoms. The van der Waals surface area contributed by atoms with Crippen molar-refractivity contribution in [2.45, 2.75) is 13.0 Å². The van der Waals surface area contributed by atoms with E-state index in [1.54, 1.807) is 25.1 Å². The Hall–Kier alpha value is -2.77. The standard InChI is InChI=1S/C14H17N3O5/c1-9(13(18)22-4)17-14(19)16(8-15-17)10-5-6-11(20-2)12(7-10)21-3/h5-9H,1-4H3/t9-/m0/s1. The number of benzene rings is 1. The highest BCUT2D eigenvalue weighted by molar-refractivity contribution is 5.73. The van der Waals surface area contributed by atoms with E-state index in [4.69, 9.17) is 9.47 Å². The topological polar surface area (TPSA) is 84.6 Å². The molecule has 0 fully saturated rings. The lowest BCUT2D eigenvalue weighted by molar-refractivity contribution is -0.144. The third-order valence-corrected chi connectivity index (χ3v) is 3.25. The van der Waals surface area contributed by atoms with E-state index in [-0.39, 0.29) is 0 Å². The maximum atomic E-state index is 12.4. The number of ether oxygens (including phenoxy) is 3. The third-order valence-electron chi connectivity index (χ3n) is 3.25. The van der Waals surface area contributed by atoms with Crippen LogP contribution in [0.3, 0.4) is 0 Å². The SMILES string of the molecule is COC(=O)[C@H](C)n1ncn(-c2ccc(OC)c(OC)c2)c1=O. The Kier molecular flexibility index (Phi) is 4.50. The molecule has 0 aliphatic carbocycles. The van der Waals surface area contributed by atoms with Gasteiger partial charge in [0.2, 0.25) is 0 Å². The monoisotopic (exact) mass is 307 g/mol. The first-order valence-corrected chi connectivity index (χ1v) is 6.49. The summed E-state index contributed by atoms with van der Waals surface area (Å²) in [6.45, 7) is 1.54. The highest BCUT2D eigenvalue weighted by Crippen LogP contribution is 2.28. The van der Waals surface area contributed by atoms with Crippen LogP contribution in [0.25, 0.3) is 5.69 Å². The average molecular weight is 307 g/mol. The number of rotatable bonds is 5. The van der Waals surface area contributed by atoms with E-state index in [9.17, 15) is 9.59 Å². The molecule has 2 aromatic rings. The zero-order valence-corrected chi connectivity index (χ0v) is 12.8. The van der Waals surface area contributed by atoms with Crippen molar-refractivity contribution in [3.05, 3.63) is 35.0 Å². The summed E-state index contributed by atoms with van der Waals surface area (Å²) in [6.07, 6.45) is 1.34. The molecule has 2 rings (SSSR count). The average Bonchev–Trinajstić information content (AvgIpc) is 2.94. The predicted octanol–water partition coefficient (Wildman–Crippen LogP) is 0.785. The molecule has 8 heteroatoms. The van der Waals surface area contributed by atoms with Crippen LogP contribution in [0.15, 0.2) is 29.3 Å². The molecule has 0 aliphatic heterocycles. The summed E-state index contributed by atoms with van der Waals surface area (Å²) < 4.78 is 17.3. The van der Waals surface area contributed by atoms with Gasteiger partial charge in [0.15, 0.2) is 17.5 Å². The fraction of sp³-hybridized carbons (Fsp3) is 0.357. The van der Waals surface area contributed by atoms with Gasteiger partial charge < -0.3 is 14.2 Å². The van der Waals surface area contributed by atoms with E-state index < -0.39 is 17.7 Å². The van der Waals surface area contributed by atoms with Crippen LogP contribution in [0.5, 0.6) is 11.5 Å². The Morgan fingerprint density at radius 1 is 1.18 bits per heavy atom. The molecule has 0 bridgehead atoms. The maximum absolute atomic E-state index is 12.4. The molecule has 1 aromatic heterocycles. The molecule has 0 radical (unpaired) electrons. The summed E-state index contributed by atoms with van der Waals surface area (Å²) in [5.41, 5.74) is 0.0936. The van der Waals surface area contributed by atoms with Crippen LogP contribution in [0.4, 0.5) is 0 Å². The summed E-state index contributed by atoms with van der Waals surface area (Å²) in [6, 6.07) is 4.22. The summed E-state index contributed by atoms with van der Waals surface area (Å²) in [5.74, 6) is 0.495. The van der Waals surface area contributed by atoms with Gasteiger partial charge in [-0.2, -0.15) is 9.78 Å². The summed E-state index contributed by atoms with van der Waals surface area (Å²) in [4.78, 5) is 23.9. The highest BCUT2D eigenvalue weighted by Gasteiger charge is 2.20. The predicted molar refractivity (Wildman–Crippen MR) is 77.7 cm³/mol. The van der Waals surface area contributed by atoms with Crippen LogP contribution in [-0.4, -0.2) is 41.6 Å². The maximum Gasteiger partial charge on any atom is 0.351 e. The van der Waals surface area contributed by atoms with E-state index >= 15 is 0 Å². The Balaban J connectivity index is 2.45. The zero-order valence-electron chi connectivity index (χ0n) is 12.8. The number of carbonyl (C=O) groups is 1. The van der Waals surface area contributed by atoms with E-state index in [0.29, 0.717) is 17.2 Å². The number of aromatic nitrogens is 3. The Bertz CT molecular complexity index is 734. The van der Waals surface area contributed by atoms with E-state index in [1.165, 1.54) is 32.2 Å². The van der Waals surface area contributed by atoms with Crippen molar-refractivity contribution in [1.82, 2.24) is 14.3 Å². The van der Waals surface area contributed by atoms with Crippen LogP contribution in [0, 0.1) is 0 Å². The van der Waals surface area contributed by atoms with E-state index in [0.717, 1.165) is 4.68 Å². The van der Waals surface area contributed by atoms with Crippen LogP contribution in [0.2, 0.25) is 0 Å². The van der Waals surface area contributed by atoms with E-state index in [1.807, 2.05) is 0 Å². The largest absolute Gasteiger partial charge is 0.493 e. The van der Waals surface area contributed by atoms with Crippen LogP contribution < -0.4 is 15.2 Å². The van der Waals surface area contributed by atoms with Crippen LogP contribution >= 0.6 is 0 Å². The lowest BCUT2D eigenvalue weighted by Crippen LogP contribution is -2.30. The smallest absolute Gasteiger partial charge is 0.351 e. The van der Waals surface area contributed by atoms with Crippen molar-refractivity contribution in [1.29, 1.82) is 0 Å². The minimum Gasteiger partial charge on any atom is -0.493 e. The molecule has 8 nitrogen and oxygen atoms in total. The summed E-state index contributed by atoms with van der Waals surface area (Å²) >= 11 is 0. The first-order valence-electron chi connectivity index (χ1n) is 6.49. The van der Waals surface area contributed by atoms with Gasteiger partial charge in [0.25, 0.3) is 0 Å². The number of esters is 1. The molecule has 0 aliphatic rings. The third kappa shape index (κ3) is 2.67. The molecule has 1 aromatic carbocycles. The van der Waals surface area contributed by atoms with Gasteiger partial charge in [-0.3, -0.25) is 0 Å². The first kappa shape index (κ1) is 15.6. The highest BCUT2D eigenvalue weighted by atomic mass is 16.5. The molecule has 0 saturated carbocycles. The molecule has 0 amide bonds. The van der Waals surface area contributed by atoms with Crippen LogP contribution in [0.1, 0.15) is 13.0 Å². The second-order valence-corrected chi connectivity index (χ2v) is 4.47. The molecule has 118 valence electrons. The minimum absolute atomic E-state index is 0.454. The van der Waals surface area contributed by atoms with Gasteiger partial charge in [-0.25, -0.2) is 14.2 Å². The molecular formula is C14H17N3O5. The summed E-state index contributed by atoms with van der Waals surface area (Å²) in [5, 5.41) is 3.95. The second kappa shape index (κ2) is 6.33. The fourth-order valence-corrected chi connectivity index (χ4v) is 2.00. The molecule has 0 N–H and O–H groups in total. The van der Waals surface area contributed by atoms with Gasteiger partial charge in [-0.1, -0.05) is 0 Å². The van der Waals surface area contributed by atoms with Gasteiger partial charge in [0, 0.05) is 6.07 Å². The summed E-state index contributed by atoms with van der Waals surface area (Å²) in [7, 11) is 4.29. The lowest BCUT2D eigenvalue weighted by atomic mass is 10.2. The molecule has 0 saturated heterocycles. The number of hydrogen-bond donors (Lipinski definition) is 0. The van der Waals surface area contributed by atoms with Crippen molar-refractivity contribution < 1.29 is 19.0 Å². The van der Waals surface area contributed by atoms with Crippen molar-refractivity contribution >= 4 is 5.97 Å². The van der Waals surface area contributed by atoms with Gasteiger partial charge in [0.05, 0.1) is 27.0 Å². The molecule has 1 atom stereocenters. The molecule has 0 spiro atoms. The van der Waals surface area contributed by atoms with Gasteiger partial charge in [-0.15, -0.1) is 0 Å². The molecule has 1 heterocycles. The number of methoxy groups -OCH3 is 3. The minimum atomic E-state index is -0.807. The number of nitrogens with zero attached hydrogens (tertiary/aromatic N) is 3. The Labute approximate surface area is 126 Å². The number of carbonyl (C=O) groups excluding carboxylic acids is 1. The first-order chi connectivity index (χ1) is 10.5. The van der Waals surface area contributed by atoms with E-state index in [2.05, 4.69) is 9.84 Å². The lowest BCUT2D eigenvalue weighted by Gasteiger charge is -2.10. The normalized spacial score (nSPS) is 11.8. The van der Waals surface area contributed by atoms with Crippen molar-refractivity contribution in [2.24, 2.45) is 0 Å². The second-order valence-electron chi connectivity index (χ2n) is 4.47. The Morgan fingerprint density at radius 2 is 1.86 bits per heavy atom. The molecular weight excluding hydrogens is 290 g/mol. The van der Waals surface area contributed by atoms with Gasteiger partial charge in [0.1, 0.15) is 6.33 Å². The Morgan fingerprint density at radius 3 is 2.45 bits per heavy atom. The van der Waals surface area contributed by atoms with Gasteiger partial charge >= 0.3 is 11.7 Å². The quantitative estimate of drug-likeness (QED) is 0.759. The number of hydrogen-bond acceptors (Lipinski definition) is 6. The van der Waals surface area contributed by atoms with Crippen molar-refractivity contribution in [2.75, 3.05) is 21.3 Å². The van der Waals surface area contributed by atoms with Crippen LogP contribution in [-0.2, 0) is 9.53 Å².